The molecule has 3 nitrogen and oxygen atoms in total. The quantitative estimate of drug-likeness (QED) is 0.598. The molecule has 0 saturated heterocycles. The van der Waals surface area contributed by atoms with Crippen molar-refractivity contribution in [1.82, 2.24) is 0 Å². The molecule has 21 heavy (non-hydrogen) atoms. The van der Waals surface area contributed by atoms with Crippen LogP contribution in [0.2, 0.25) is 15.1 Å². The van der Waals surface area contributed by atoms with E-state index in [4.69, 9.17) is 40.5 Å². The van der Waals surface area contributed by atoms with Gasteiger partial charge in [0.1, 0.15) is 0 Å². The number of nitrogens with two attached hydrogens (primary N) is 1. The van der Waals surface area contributed by atoms with Crippen molar-refractivity contribution in [3.8, 4) is 0 Å². The van der Waals surface area contributed by atoms with Crippen molar-refractivity contribution < 1.29 is 4.79 Å². The minimum Gasteiger partial charge on any atom is -0.399 e. The molecule has 0 aliphatic rings. The lowest BCUT2D eigenvalue weighted by atomic mass is 10.3. The highest BCUT2D eigenvalue weighted by molar-refractivity contribution is 8.00. The molecule has 0 aliphatic carbocycles. The van der Waals surface area contributed by atoms with Crippen molar-refractivity contribution in [1.29, 1.82) is 0 Å². The first-order valence-electron chi connectivity index (χ1n) is 5.88. The summed E-state index contributed by atoms with van der Waals surface area (Å²) in [7, 11) is 0. The van der Waals surface area contributed by atoms with Gasteiger partial charge in [0.2, 0.25) is 5.91 Å². The molecule has 0 atom stereocenters. The Morgan fingerprint density at radius 2 is 1.81 bits per heavy atom. The molecule has 0 radical (unpaired) electrons. The summed E-state index contributed by atoms with van der Waals surface area (Å²) >= 11 is 19.2. The van der Waals surface area contributed by atoms with Gasteiger partial charge in [-0.15, -0.1) is 11.8 Å². The molecule has 0 aromatic heterocycles. The van der Waals surface area contributed by atoms with Crippen molar-refractivity contribution in [2.24, 2.45) is 0 Å². The first-order valence-corrected chi connectivity index (χ1v) is 8.00. The van der Waals surface area contributed by atoms with Crippen LogP contribution in [0.15, 0.2) is 41.3 Å². The Balaban J connectivity index is 1.99. The molecule has 0 heterocycles. The van der Waals surface area contributed by atoms with Crippen molar-refractivity contribution in [2.75, 3.05) is 16.8 Å². The van der Waals surface area contributed by atoms with E-state index in [9.17, 15) is 4.79 Å². The molecule has 0 spiro atoms. The van der Waals surface area contributed by atoms with Crippen LogP contribution in [0.1, 0.15) is 0 Å². The van der Waals surface area contributed by atoms with Crippen LogP contribution in [0, 0.1) is 0 Å². The summed E-state index contributed by atoms with van der Waals surface area (Å²) in [5, 5.41) is 4.19. The van der Waals surface area contributed by atoms with Gasteiger partial charge in [0.15, 0.2) is 0 Å². The second-order valence-electron chi connectivity index (χ2n) is 4.15. The summed E-state index contributed by atoms with van der Waals surface area (Å²) in [5.41, 5.74) is 6.77. The lowest BCUT2D eigenvalue weighted by Crippen LogP contribution is -2.14. The summed E-state index contributed by atoms with van der Waals surface area (Å²) in [6.45, 7) is 0. The van der Waals surface area contributed by atoms with Crippen LogP contribution in [0.4, 0.5) is 11.4 Å². The third-order valence-corrected chi connectivity index (χ3v) is 4.58. The van der Waals surface area contributed by atoms with Crippen LogP contribution in [0.25, 0.3) is 0 Å². The van der Waals surface area contributed by atoms with E-state index in [-0.39, 0.29) is 11.7 Å². The predicted octanol–water partition coefficient (Wildman–Crippen LogP) is 4.96. The average Bonchev–Trinajstić information content (AvgIpc) is 2.44. The van der Waals surface area contributed by atoms with Crippen LogP contribution in [-0.2, 0) is 4.79 Å². The molecule has 7 heteroatoms. The smallest absolute Gasteiger partial charge is 0.234 e. The van der Waals surface area contributed by atoms with E-state index in [1.165, 1.54) is 11.8 Å². The number of nitrogens with one attached hydrogen (secondary N) is 1. The number of thioether (sulfide) groups is 1. The molecule has 110 valence electrons. The molecule has 0 saturated carbocycles. The van der Waals surface area contributed by atoms with Crippen molar-refractivity contribution in [3.05, 3.63) is 51.5 Å². The highest BCUT2D eigenvalue weighted by Crippen LogP contribution is 2.30. The number of carbonyl (C=O) groups excluding carboxylic acids is 1. The zero-order valence-electron chi connectivity index (χ0n) is 10.7. The number of carbonyl (C=O) groups is 1. The van der Waals surface area contributed by atoms with E-state index < -0.39 is 0 Å². The zero-order chi connectivity index (χ0) is 15.4. The first-order chi connectivity index (χ1) is 9.95. The summed E-state index contributed by atoms with van der Waals surface area (Å²) < 4.78 is 0. The van der Waals surface area contributed by atoms with E-state index in [0.717, 1.165) is 4.90 Å². The number of anilines is 2. The Morgan fingerprint density at radius 3 is 2.57 bits per heavy atom. The van der Waals surface area contributed by atoms with Gasteiger partial charge in [-0.2, -0.15) is 0 Å². The molecule has 1 amide bonds. The molecular weight excluding hydrogens is 351 g/mol. The third-order valence-electron chi connectivity index (χ3n) is 2.52. The van der Waals surface area contributed by atoms with Crippen LogP contribution in [0.3, 0.4) is 0 Å². The lowest BCUT2D eigenvalue weighted by Gasteiger charge is -2.08. The summed E-state index contributed by atoms with van der Waals surface area (Å²) in [6.07, 6.45) is 0. The highest BCUT2D eigenvalue weighted by atomic mass is 35.5. The summed E-state index contributed by atoms with van der Waals surface area (Å²) in [6, 6.07) is 10.0. The number of hydrogen-bond acceptors (Lipinski definition) is 3. The predicted molar refractivity (Wildman–Crippen MR) is 91.7 cm³/mol. The molecule has 0 bridgehead atoms. The van der Waals surface area contributed by atoms with Crippen LogP contribution >= 0.6 is 46.6 Å². The molecule has 2 aromatic rings. The Kier molecular flexibility index (Phi) is 5.65. The fraction of sp³-hybridized carbons (Fsp3) is 0.0714. The Morgan fingerprint density at radius 1 is 1.10 bits per heavy atom. The number of benzene rings is 2. The van der Waals surface area contributed by atoms with Gasteiger partial charge in [-0.1, -0.05) is 34.8 Å². The average molecular weight is 362 g/mol. The minimum absolute atomic E-state index is 0.187. The minimum atomic E-state index is -0.206. The fourth-order valence-corrected chi connectivity index (χ4v) is 2.96. The Hall–Kier alpha value is -1.07. The summed E-state index contributed by atoms with van der Waals surface area (Å²) in [4.78, 5) is 12.7. The van der Waals surface area contributed by atoms with E-state index in [1.807, 2.05) is 0 Å². The van der Waals surface area contributed by atoms with Gasteiger partial charge in [0.05, 0.1) is 21.5 Å². The Labute approximate surface area is 141 Å². The number of rotatable bonds is 4. The third kappa shape index (κ3) is 4.71. The molecule has 2 aromatic carbocycles. The molecule has 2 rings (SSSR count). The fourth-order valence-electron chi connectivity index (χ4n) is 1.55. The molecule has 0 aliphatic heterocycles. The zero-order valence-corrected chi connectivity index (χ0v) is 13.8. The monoisotopic (exact) mass is 360 g/mol. The van der Waals surface area contributed by atoms with Crippen molar-refractivity contribution >= 4 is 63.8 Å². The maximum atomic E-state index is 11.9. The second kappa shape index (κ2) is 7.27. The highest BCUT2D eigenvalue weighted by Gasteiger charge is 2.09. The SMILES string of the molecule is Nc1ccc(Cl)c(SCC(=O)Nc2cc(Cl)ccc2Cl)c1. The molecular formula is C14H11Cl3N2OS. The van der Waals surface area contributed by atoms with Crippen LogP contribution in [0.5, 0.6) is 0 Å². The maximum absolute atomic E-state index is 11.9. The number of halogens is 3. The molecule has 3 N–H and O–H groups in total. The van der Waals surface area contributed by atoms with Gasteiger partial charge >= 0.3 is 0 Å². The van der Waals surface area contributed by atoms with Gasteiger partial charge in [0.25, 0.3) is 0 Å². The molecule has 0 fully saturated rings. The topological polar surface area (TPSA) is 55.1 Å². The van der Waals surface area contributed by atoms with Crippen LogP contribution in [-0.4, -0.2) is 11.7 Å². The van der Waals surface area contributed by atoms with Gasteiger partial charge in [-0.05, 0) is 36.4 Å². The maximum Gasteiger partial charge on any atom is 0.234 e. The van der Waals surface area contributed by atoms with Gasteiger partial charge in [-0.25, -0.2) is 0 Å². The number of nitrogen functional groups attached to an aromatic ring is 1. The standard InChI is InChI=1S/C14H11Cl3N2OS/c15-8-1-3-10(16)12(5-8)19-14(20)7-21-13-6-9(18)2-4-11(13)17/h1-6H,7,18H2,(H,19,20). The van der Waals surface area contributed by atoms with E-state index in [0.29, 0.717) is 26.4 Å². The number of amides is 1. The van der Waals surface area contributed by atoms with E-state index >= 15 is 0 Å². The van der Waals surface area contributed by atoms with E-state index in [1.54, 1.807) is 36.4 Å². The van der Waals surface area contributed by atoms with Gasteiger partial charge in [-0.3, -0.25) is 4.79 Å². The second-order valence-corrected chi connectivity index (χ2v) is 6.42. The van der Waals surface area contributed by atoms with Crippen molar-refractivity contribution in [2.45, 2.75) is 4.90 Å². The first kappa shape index (κ1) is 16.3. The normalized spacial score (nSPS) is 10.4. The molecule has 0 unspecified atom stereocenters. The largest absolute Gasteiger partial charge is 0.399 e. The number of hydrogen-bond donors (Lipinski definition) is 2. The van der Waals surface area contributed by atoms with Gasteiger partial charge < -0.3 is 11.1 Å². The Bertz CT molecular complexity index is 679. The van der Waals surface area contributed by atoms with Gasteiger partial charge in [0, 0.05) is 15.6 Å². The van der Waals surface area contributed by atoms with Crippen molar-refractivity contribution in [3.63, 3.8) is 0 Å². The lowest BCUT2D eigenvalue weighted by molar-refractivity contribution is -0.113. The van der Waals surface area contributed by atoms with E-state index in [2.05, 4.69) is 5.32 Å². The van der Waals surface area contributed by atoms with Crippen LogP contribution < -0.4 is 11.1 Å². The summed E-state index contributed by atoms with van der Waals surface area (Å²) in [5.74, 6) is -0.0193.